The predicted octanol–water partition coefficient (Wildman–Crippen LogP) is 3.52. The number of nitrogens with one attached hydrogen (secondary N) is 2. The lowest BCUT2D eigenvalue weighted by Crippen LogP contribution is -2.43. The van der Waals surface area contributed by atoms with Gasteiger partial charge in [-0.1, -0.05) is 30.3 Å². The number of nitrogens with zero attached hydrogens (tertiary/aromatic N) is 1. The van der Waals surface area contributed by atoms with Crippen LogP contribution in [-0.4, -0.2) is 37.6 Å². The van der Waals surface area contributed by atoms with E-state index in [1.165, 1.54) is 18.5 Å². The third-order valence-corrected chi connectivity index (χ3v) is 7.66. The maximum atomic E-state index is 12.8. The lowest BCUT2D eigenvalue weighted by Gasteiger charge is -2.18. The number of amides is 1. The molecule has 4 rings (SSSR count). The van der Waals surface area contributed by atoms with Crippen molar-refractivity contribution in [2.24, 2.45) is 0 Å². The molecule has 1 aliphatic heterocycles. The molecule has 0 spiro atoms. The molecule has 1 aromatic heterocycles. The predicted molar refractivity (Wildman–Crippen MR) is 124 cm³/mol. The number of rotatable bonds is 7. The summed E-state index contributed by atoms with van der Waals surface area (Å²) >= 11 is 1.55. The van der Waals surface area contributed by atoms with Gasteiger partial charge in [0.2, 0.25) is 15.9 Å². The topological polar surface area (TPSA) is 97.4 Å². The molecular formula is C23H23N3O4S2. The minimum Gasteiger partial charge on any atom is -0.457 e. The number of hydrogen-bond donors (Lipinski definition) is 2. The highest BCUT2D eigenvalue weighted by Gasteiger charge is 2.28. The van der Waals surface area contributed by atoms with Gasteiger partial charge in [-0.15, -0.1) is 11.8 Å². The van der Waals surface area contributed by atoms with Crippen LogP contribution < -0.4 is 14.8 Å². The molecule has 0 radical (unpaired) electrons. The van der Waals surface area contributed by atoms with Gasteiger partial charge in [0.1, 0.15) is 21.6 Å². The van der Waals surface area contributed by atoms with Gasteiger partial charge in [-0.05, 0) is 54.1 Å². The summed E-state index contributed by atoms with van der Waals surface area (Å²) in [6.45, 7) is 0.125. The van der Waals surface area contributed by atoms with Crippen molar-refractivity contribution in [3.63, 3.8) is 0 Å². The molecule has 2 N–H and O–H groups in total. The molecule has 1 aliphatic rings. The van der Waals surface area contributed by atoms with Crippen molar-refractivity contribution in [1.82, 2.24) is 15.0 Å². The van der Waals surface area contributed by atoms with E-state index in [1.54, 1.807) is 17.8 Å². The van der Waals surface area contributed by atoms with Gasteiger partial charge in [-0.2, -0.15) is 0 Å². The van der Waals surface area contributed by atoms with Crippen molar-refractivity contribution >= 4 is 27.7 Å². The molecule has 166 valence electrons. The van der Waals surface area contributed by atoms with Gasteiger partial charge in [0.05, 0.1) is 0 Å². The number of sulfonamides is 1. The van der Waals surface area contributed by atoms with Crippen molar-refractivity contribution in [3.8, 4) is 11.5 Å². The molecule has 2 heterocycles. The zero-order valence-electron chi connectivity index (χ0n) is 17.2. The Morgan fingerprint density at radius 3 is 2.50 bits per heavy atom. The summed E-state index contributed by atoms with van der Waals surface area (Å²) < 4.78 is 33.2. The lowest BCUT2D eigenvalue weighted by molar-refractivity contribution is -0.121. The Morgan fingerprint density at radius 2 is 1.78 bits per heavy atom. The molecule has 1 fully saturated rings. The van der Waals surface area contributed by atoms with Gasteiger partial charge >= 0.3 is 0 Å². The van der Waals surface area contributed by atoms with Gasteiger partial charge in [-0.3, -0.25) is 9.78 Å². The van der Waals surface area contributed by atoms with Crippen molar-refractivity contribution < 1.29 is 17.9 Å². The van der Waals surface area contributed by atoms with E-state index in [2.05, 4.69) is 15.0 Å². The molecular weight excluding hydrogens is 446 g/mol. The zero-order valence-corrected chi connectivity index (χ0v) is 18.8. The van der Waals surface area contributed by atoms with E-state index in [1.807, 2.05) is 54.6 Å². The molecule has 1 saturated heterocycles. The second-order valence-electron chi connectivity index (χ2n) is 7.27. The number of ether oxygens (including phenoxy) is 1. The van der Waals surface area contributed by atoms with Crippen LogP contribution in [0, 0.1) is 0 Å². The molecule has 0 saturated carbocycles. The summed E-state index contributed by atoms with van der Waals surface area (Å²) in [5.41, 5.74) is 0.879. The van der Waals surface area contributed by atoms with Crippen molar-refractivity contribution in [3.05, 3.63) is 84.7 Å². The molecule has 0 aliphatic carbocycles. The molecule has 2 aromatic carbocycles. The summed E-state index contributed by atoms with van der Waals surface area (Å²) in [6.07, 6.45) is 3.48. The average molecular weight is 470 g/mol. The number of benzene rings is 2. The second-order valence-corrected chi connectivity index (χ2v) is 10.2. The van der Waals surface area contributed by atoms with Crippen molar-refractivity contribution in [1.29, 1.82) is 0 Å². The molecule has 0 bridgehead atoms. The van der Waals surface area contributed by atoms with E-state index in [0.717, 1.165) is 17.1 Å². The highest BCUT2D eigenvalue weighted by molar-refractivity contribution is 8.00. The fourth-order valence-corrected chi connectivity index (χ4v) is 5.56. The van der Waals surface area contributed by atoms with Crippen LogP contribution in [0.25, 0.3) is 0 Å². The van der Waals surface area contributed by atoms with E-state index in [4.69, 9.17) is 4.74 Å². The third-order valence-electron chi connectivity index (χ3n) is 4.96. The number of carbonyl (C=O) groups is 1. The fourth-order valence-electron chi connectivity index (χ4n) is 3.29. The number of para-hydroxylation sites is 1. The van der Waals surface area contributed by atoms with Crippen molar-refractivity contribution in [2.45, 2.75) is 22.6 Å². The quantitative estimate of drug-likeness (QED) is 0.550. The number of aromatic nitrogens is 1. The van der Waals surface area contributed by atoms with Crippen LogP contribution in [0.5, 0.6) is 11.5 Å². The van der Waals surface area contributed by atoms with Crippen LogP contribution in [0.3, 0.4) is 0 Å². The highest BCUT2D eigenvalue weighted by atomic mass is 32.2. The summed E-state index contributed by atoms with van der Waals surface area (Å²) in [7, 11) is -3.67. The maximum absolute atomic E-state index is 12.8. The van der Waals surface area contributed by atoms with E-state index in [-0.39, 0.29) is 28.6 Å². The van der Waals surface area contributed by atoms with Crippen LogP contribution in [0.1, 0.15) is 17.2 Å². The van der Waals surface area contributed by atoms with Crippen LogP contribution in [-0.2, 0) is 14.8 Å². The van der Waals surface area contributed by atoms with Gasteiger partial charge in [0.25, 0.3) is 0 Å². The van der Waals surface area contributed by atoms with Gasteiger partial charge < -0.3 is 10.1 Å². The Hall–Kier alpha value is -2.88. The minimum absolute atomic E-state index is 0.102. The average Bonchev–Trinajstić information content (AvgIpc) is 3.01. The summed E-state index contributed by atoms with van der Waals surface area (Å²) in [6, 6.07) is 19.7. The first-order chi connectivity index (χ1) is 15.5. The Balaban J connectivity index is 1.36. The fraction of sp³-hybridized carbons (Fsp3) is 0.217. The summed E-state index contributed by atoms with van der Waals surface area (Å²) in [4.78, 5) is 16.8. The first kappa shape index (κ1) is 22.3. The smallest absolute Gasteiger partial charge is 0.242 e. The van der Waals surface area contributed by atoms with E-state index in [9.17, 15) is 13.2 Å². The van der Waals surface area contributed by atoms with Gasteiger partial charge in [0.15, 0.2) is 0 Å². The van der Waals surface area contributed by atoms with Crippen LogP contribution in [0.4, 0.5) is 0 Å². The van der Waals surface area contributed by atoms with E-state index in [0.29, 0.717) is 12.2 Å². The highest BCUT2D eigenvalue weighted by Crippen LogP contribution is 2.33. The first-order valence-electron chi connectivity index (χ1n) is 10.2. The normalized spacial score (nSPS) is 19.1. The van der Waals surface area contributed by atoms with E-state index >= 15 is 0 Å². The molecule has 2 atom stereocenters. The molecule has 7 nitrogen and oxygen atoms in total. The number of carbonyl (C=O) groups excluding carboxylic acids is 1. The van der Waals surface area contributed by atoms with Crippen LogP contribution in [0.2, 0.25) is 0 Å². The van der Waals surface area contributed by atoms with Crippen molar-refractivity contribution in [2.75, 3.05) is 12.3 Å². The molecule has 3 aromatic rings. The Bertz CT molecular complexity index is 1140. The molecule has 9 heteroatoms. The Morgan fingerprint density at radius 1 is 1.03 bits per heavy atom. The Labute approximate surface area is 191 Å². The van der Waals surface area contributed by atoms with Crippen LogP contribution >= 0.6 is 11.8 Å². The number of thioether (sulfide) groups is 1. The summed E-state index contributed by atoms with van der Waals surface area (Å²) in [5.74, 6) is 2.04. The summed E-state index contributed by atoms with van der Waals surface area (Å²) in [5, 5.41) is 2.61. The van der Waals surface area contributed by atoms with Gasteiger partial charge in [0, 0.05) is 25.0 Å². The zero-order chi connectivity index (χ0) is 22.4. The number of pyridine rings is 1. The Kier molecular flexibility index (Phi) is 7.09. The standard InChI is InChI=1S/C23H23N3O4S2/c27-23-22(17-8-10-20(11-9-17)30-19-5-2-1-3-6-19)31-14-12-18(26-23)15-25-32(28,29)21-7-4-13-24-16-21/h1-11,13,16,18,22,25H,12,14-15H2,(H,26,27)/t18-,22+/m0/s1. The third kappa shape index (κ3) is 5.67. The largest absolute Gasteiger partial charge is 0.457 e. The SMILES string of the molecule is O=C1N[C@H](CNS(=O)(=O)c2cccnc2)CCS[C@@H]1c1ccc(Oc2ccccc2)cc1. The number of hydrogen-bond acceptors (Lipinski definition) is 6. The lowest BCUT2D eigenvalue weighted by atomic mass is 10.1. The molecule has 32 heavy (non-hydrogen) atoms. The maximum Gasteiger partial charge on any atom is 0.242 e. The van der Waals surface area contributed by atoms with E-state index < -0.39 is 10.0 Å². The second kappa shape index (κ2) is 10.2. The molecule has 0 unspecified atom stereocenters. The minimum atomic E-state index is -3.67. The molecule has 1 amide bonds. The monoisotopic (exact) mass is 469 g/mol. The van der Waals surface area contributed by atoms with Gasteiger partial charge in [-0.25, -0.2) is 13.1 Å². The first-order valence-corrected chi connectivity index (χ1v) is 12.7. The van der Waals surface area contributed by atoms with Crippen LogP contribution in [0.15, 0.2) is 84.0 Å².